The molecule has 1 aliphatic rings. The highest BCUT2D eigenvalue weighted by molar-refractivity contribution is 5.77. The molecule has 3 heteroatoms. The Morgan fingerprint density at radius 1 is 1.29 bits per heavy atom. The van der Waals surface area contributed by atoms with Gasteiger partial charge in [0.1, 0.15) is 0 Å². The third-order valence-electron chi connectivity index (χ3n) is 3.15. The van der Waals surface area contributed by atoms with Gasteiger partial charge in [-0.2, -0.15) is 0 Å². The molecule has 1 aromatic carbocycles. The highest BCUT2D eigenvalue weighted by Gasteiger charge is 2.28. The van der Waals surface area contributed by atoms with Crippen LogP contribution in [-0.2, 0) is 11.3 Å². The van der Waals surface area contributed by atoms with Gasteiger partial charge in [0.25, 0.3) is 0 Å². The van der Waals surface area contributed by atoms with Gasteiger partial charge in [-0.15, -0.1) is 0 Å². The number of nitrogens with zero attached hydrogens (tertiary/aromatic N) is 1. The predicted molar refractivity (Wildman–Crippen MR) is 68.6 cm³/mol. The number of benzene rings is 1. The zero-order valence-electron chi connectivity index (χ0n) is 10.6. The van der Waals surface area contributed by atoms with Gasteiger partial charge in [-0.3, -0.25) is 4.79 Å². The smallest absolute Gasteiger partial charge is 0.224 e. The molecule has 92 valence electrons. The van der Waals surface area contributed by atoms with Crippen molar-refractivity contribution in [2.24, 2.45) is 0 Å². The summed E-state index contributed by atoms with van der Waals surface area (Å²) in [5, 5.41) is 3.40. The normalized spacial score (nSPS) is 20.1. The molecule has 0 bridgehead atoms. The van der Waals surface area contributed by atoms with Crippen LogP contribution in [-0.4, -0.2) is 29.4 Å². The Morgan fingerprint density at radius 3 is 2.71 bits per heavy atom. The molecule has 0 aromatic heterocycles. The van der Waals surface area contributed by atoms with Crippen LogP contribution >= 0.6 is 0 Å². The van der Waals surface area contributed by atoms with Crippen LogP contribution in [0.15, 0.2) is 30.3 Å². The average molecular weight is 232 g/mol. The van der Waals surface area contributed by atoms with Crippen molar-refractivity contribution >= 4 is 5.91 Å². The Balaban J connectivity index is 2.04. The summed E-state index contributed by atoms with van der Waals surface area (Å²) in [4.78, 5) is 14.1. The van der Waals surface area contributed by atoms with Crippen LogP contribution in [0.2, 0.25) is 0 Å². The molecular weight excluding hydrogens is 212 g/mol. The first-order chi connectivity index (χ1) is 8.07. The Hall–Kier alpha value is -1.35. The summed E-state index contributed by atoms with van der Waals surface area (Å²) in [5.74, 6) is 0.240. The SMILES string of the molecule is CC1(C)CC(=O)N(Cc2ccccc2)CCN1. The van der Waals surface area contributed by atoms with Gasteiger partial charge in [0, 0.05) is 31.6 Å². The standard InChI is InChI=1S/C14H20N2O/c1-14(2)10-13(17)16(9-8-15-14)11-12-6-4-3-5-7-12/h3-7,15H,8-11H2,1-2H3. The molecule has 3 nitrogen and oxygen atoms in total. The lowest BCUT2D eigenvalue weighted by Gasteiger charge is -2.23. The molecule has 0 aliphatic carbocycles. The highest BCUT2D eigenvalue weighted by atomic mass is 16.2. The minimum absolute atomic E-state index is 0.0808. The zero-order valence-corrected chi connectivity index (χ0v) is 10.6. The minimum Gasteiger partial charge on any atom is -0.337 e. The number of nitrogens with one attached hydrogen (secondary N) is 1. The van der Waals surface area contributed by atoms with E-state index in [0.717, 1.165) is 19.6 Å². The predicted octanol–water partition coefficient (Wildman–Crippen LogP) is 1.79. The number of hydrogen-bond acceptors (Lipinski definition) is 2. The summed E-state index contributed by atoms with van der Waals surface area (Å²) in [7, 11) is 0. The molecule has 1 aliphatic heterocycles. The lowest BCUT2D eigenvalue weighted by molar-refractivity contribution is -0.131. The number of carbonyl (C=O) groups excluding carboxylic acids is 1. The van der Waals surface area contributed by atoms with E-state index in [1.165, 1.54) is 5.56 Å². The molecule has 1 amide bonds. The van der Waals surface area contributed by atoms with Crippen LogP contribution in [0.3, 0.4) is 0 Å². The summed E-state index contributed by atoms with van der Waals surface area (Å²) in [6.07, 6.45) is 0.569. The van der Waals surface area contributed by atoms with Crippen molar-refractivity contribution in [3.8, 4) is 0 Å². The maximum atomic E-state index is 12.1. The summed E-state index contributed by atoms with van der Waals surface area (Å²) in [6.45, 7) is 6.54. The molecule has 0 unspecified atom stereocenters. The lowest BCUT2D eigenvalue weighted by atomic mass is 10.0. The molecule has 0 saturated carbocycles. The van der Waals surface area contributed by atoms with Crippen molar-refractivity contribution in [1.29, 1.82) is 0 Å². The van der Waals surface area contributed by atoms with Crippen LogP contribution in [0.5, 0.6) is 0 Å². The Kier molecular flexibility index (Phi) is 3.48. The molecular formula is C14H20N2O. The van der Waals surface area contributed by atoms with Crippen LogP contribution in [0, 0.1) is 0 Å². The molecule has 1 saturated heterocycles. The van der Waals surface area contributed by atoms with Crippen molar-refractivity contribution in [3.63, 3.8) is 0 Å². The first kappa shape index (κ1) is 12.1. The van der Waals surface area contributed by atoms with Crippen molar-refractivity contribution in [3.05, 3.63) is 35.9 Å². The molecule has 17 heavy (non-hydrogen) atoms. The van der Waals surface area contributed by atoms with Crippen LogP contribution < -0.4 is 5.32 Å². The second-order valence-electron chi connectivity index (χ2n) is 5.29. The topological polar surface area (TPSA) is 32.3 Å². The van der Waals surface area contributed by atoms with E-state index in [1.807, 2.05) is 23.1 Å². The summed E-state index contributed by atoms with van der Waals surface area (Å²) < 4.78 is 0. The van der Waals surface area contributed by atoms with E-state index in [1.54, 1.807) is 0 Å². The number of amides is 1. The third kappa shape index (κ3) is 3.30. The molecule has 0 spiro atoms. The Labute approximate surface area is 103 Å². The zero-order chi connectivity index (χ0) is 12.3. The first-order valence-corrected chi connectivity index (χ1v) is 6.14. The molecule has 1 fully saturated rings. The number of rotatable bonds is 2. The summed E-state index contributed by atoms with van der Waals surface area (Å²) in [6, 6.07) is 10.2. The van der Waals surface area contributed by atoms with Gasteiger partial charge >= 0.3 is 0 Å². The number of hydrogen-bond donors (Lipinski definition) is 1. The molecule has 0 atom stereocenters. The van der Waals surface area contributed by atoms with Crippen LogP contribution in [0.4, 0.5) is 0 Å². The van der Waals surface area contributed by atoms with Crippen LogP contribution in [0.25, 0.3) is 0 Å². The number of carbonyl (C=O) groups is 1. The van der Waals surface area contributed by atoms with Crippen LogP contribution in [0.1, 0.15) is 25.8 Å². The highest BCUT2D eigenvalue weighted by Crippen LogP contribution is 2.15. The van der Waals surface area contributed by atoms with E-state index in [2.05, 4.69) is 31.3 Å². The molecule has 2 rings (SSSR count). The van der Waals surface area contributed by atoms with Gasteiger partial charge in [0.05, 0.1) is 0 Å². The van der Waals surface area contributed by atoms with E-state index in [9.17, 15) is 4.79 Å². The quantitative estimate of drug-likeness (QED) is 0.843. The average Bonchev–Trinajstić information content (AvgIpc) is 2.39. The van der Waals surface area contributed by atoms with Gasteiger partial charge in [-0.1, -0.05) is 30.3 Å². The third-order valence-corrected chi connectivity index (χ3v) is 3.15. The second-order valence-corrected chi connectivity index (χ2v) is 5.29. The summed E-state index contributed by atoms with van der Waals surface area (Å²) >= 11 is 0. The van der Waals surface area contributed by atoms with Crippen molar-refractivity contribution < 1.29 is 4.79 Å². The van der Waals surface area contributed by atoms with E-state index in [0.29, 0.717) is 6.42 Å². The van der Waals surface area contributed by atoms with Crippen molar-refractivity contribution in [2.75, 3.05) is 13.1 Å². The minimum atomic E-state index is -0.0808. The van der Waals surface area contributed by atoms with E-state index in [-0.39, 0.29) is 11.4 Å². The monoisotopic (exact) mass is 232 g/mol. The van der Waals surface area contributed by atoms with Gasteiger partial charge in [-0.25, -0.2) is 0 Å². The molecule has 0 radical (unpaired) electrons. The largest absolute Gasteiger partial charge is 0.337 e. The van der Waals surface area contributed by atoms with Gasteiger partial charge in [0.2, 0.25) is 5.91 Å². The Bertz CT molecular complexity index is 386. The van der Waals surface area contributed by atoms with Crippen molar-refractivity contribution in [2.45, 2.75) is 32.4 Å². The molecule has 1 N–H and O–H groups in total. The second kappa shape index (κ2) is 4.88. The fourth-order valence-electron chi connectivity index (χ4n) is 2.18. The molecule has 1 heterocycles. The van der Waals surface area contributed by atoms with Gasteiger partial charge in [0.15, 0.2) is 0 Å². The maximum Gasteiger partial charge on any atom is 0.224 e. The Morgan fingerprint density at radius 2 is 2.00 bits per heavy atom. The summed E-state index contributed by atoms with van der Waals surface area (Å²) in [5.41, 5.74) is 1.11. The maximum absolute atomic E-state index is 12.1. The fourth-order valence-corrected chi connectivity index (χ4v) is 2.18. The van der Waals surface area contributed by atoms with E-state index in [4.69, 9.17) is 0 Å². The van der Waals surface area contributed by atoms with E-state index >= 15 is 0 Å². The van der Waals surface area contributed by atoms with Crippen molar-refractivity contribution in [1.82, 2.24) is 10.2 Å². The van der Waals surface area contributed by atoms with Gasteiger partial charge < -0.3 is 10.2 Å². The molecule has 1 aromatic rings. The van der Waals surface area contributed by atoms with Gasteiger partial charge in [-0.05, 0) is 19.4 Å². The van der Waals surface area contributed by atoms with E-state index < -0.39 is 0 Å². The lowest BCUT2D eigenvalue weighted by Crippen LogP contribution is -2.39. The fraction of sp³-hybridized carbons (Fsp3) is 0.500. The first-order valence-electron chi connectivity index (χ1n) is 6.14.